The lowest BCUT2D eigenvalue weighted by atomic mass is 10.1. The summed E-state index contributed by atoms with van der Waals surface area (Å²) < 4.78 is 22.6. The molecule has 0 bridgehead atoms. The van der Waals surface area contributed by atoms with Gasteiger partial charge >= 0.3 is 0 Å². The first-order valence-electron chi connectivity index (χ1n) is 5.53. The normalized spacial score (nSPS) is 22.3. The van der Waals surface area contributed by atoms with Crippen molar-refractivity contribution in [1.82, 2.24) is 9.97 Å². The Kier molecular flexibility index (Phi) is 3.46. The van der Waals surface area contributed by atoms with E-state index in [2.05, 4.69) is 20.6 Å². The van der Waals surface area contributed by atoms with Gasteiger partial charge in [-0.15, -0.1) is 0 Å². The third-order valence-electron chi connectivity index (χ3n) is 2.82. The molecular formula is C10H16N4O2S. The summed E-state index contributed by atoms with van der Waals surface area (Å²) in [6.07, 6.45) is 2.21. The summed E-state index contributed by atoms with van der Waals surface area (Å²) in [5, 5.41) is 6.06. The van der Waals surface area contributed by atoms with Crippen LogP contribution in [0, 0.1) is 5.92 Å². The Labute approximate surface area is 101 Å². The van der Waals surface area contributed by atoms with Crippen molar-refractivity contribution in [3.8, 4) is 0 Å². The average molecular weight is 256 g/mol. The zero-order valence-corrected chi connectivity index (χ0v) is 10.5. The molecule has 1 unspecified atom stereocenters. The molecule has 2 rings (SSSR count). The van der Waals surface area contributed by atoms with Crippen LogP contribution in [0.4, 0.5) is 11.6 Å². The van der Waals surface area contributed by atoms with Crippen molar-refractivity contribution in [3.05, 3.63) is 12.4 Å². The van der Waals surface area contributed by atoms with E-state index in [1.165, 1.54) is 6.33 Å². The monoisotopic (exact) mass is 256 g/mol. The highest BCUT2D eigenvalue weighted by molar-refractivity contribution is 7.91. The summed E-state index contributed by atoms with van der Waals surface area (Å²) in [4.78, 5) is 8.08. The lowest BCUT2D eigenvalue weighted by Crippen LogP contribution is -2.16. The fourth-order valence-corrected chi connectivity index (χ4v) is 3.73. The van der Waals surface area contributed by atoms with E-state index in [4.69, 9.17) is 0 Å². The summed E-state index contributed by atoms with van der Waals surface area (Å²) in [5.41, 5.74) is 0. The number of nitrogens with zero attached hydrogens (tertiary/aromatic N) is 2. The minimum Gasteiger partial charge on any atom is -0.373 e. The van der Waals surface area contributed by atoms with Gasteiger partial charge in [0.2, 0.25) is 0 Å². The van der Waals surface area contributed by atoms with E-state index in [0.29, 0.717) is 18.1 Å². The number of rotatable bonds is 4. The molecule has 7 heteroatoms. The first kappa shape index (κ1) is 12.1. The molecule has 2 N–H and O–H groups in total. The maximum absolute atomic E-state index is 11.3. The third-order valence-corrected chi connectivity index (χ3v) is 4.66. The van der Waals surface area contributed by atoms with E-state index in [9.17, 15) is 8.42 Å². The molecule has 1 aromatic heterocycles. The molecule has 1 atom stereocenters. The summed E-state index contributed by atoms with van der Waals surface area (Å²) in [6.45, 7) is 0.638. The Morgan fingerprint density at radius 2 is 2.18 bits per heavy atom. The van der Waals surface area contributed by atoms with Gasteiger partial charge in [0.15, 0.2) is 9.84 Å². The number of anilines is 2. The lowest BCUT2D eigenvalue weighted by molar-refractivity contribution is 0.595. The first-order valence-corrected chi connectivity index (χ1v) is 7.35. The van der Waals surface area contributed by atoms with Gasteiger partial charge in [0.1, 0.15) is 18.0 Å². The van der Waals surface area contributed by atoms with Crippen LogP contribution in [-0.2, 0) is 9.84 Å². The van der Waals surface area contributed by atoms with Gasteiger partial charge in [-0.3, -0.25) is 0 Å². The van der Waals surface area contributed by atoms with Gasteiger partial charge < -0.3 is 10.6 Å². The van der Waals surface area contributed by atoms with Crippen molar-refractivity contribution in [2.75, 3.05) is 35.7 Å². The molecule has 17 heavy (non-hydrogen) atoms. The Morgan fingerprint density at radius 1 is 1.41 bits per heavy atom. The fourth-order valence-electron chi connectivity index (χ4n) is 1.87. The Hall–Kier alpha value is -1.37. The van der Waals surface area contributed by atoms with Crippen molar-refractivity contribution in [2.45, 2.75) is 6.42 Å². The number of aromatic nitrogens is 2. The van der Waals surface area contributed by atoms with Crippen molar-refractivity contribution < 1.29 is 8.42 Å². The average Bonchev–Trinajstić information content (AvgIpc) is 2.67. The molecular weight excluding hydrogens is 240 g/mol. The van der Waals surface area contributed by atoms with Crippen LogP contribution in [0.15, 0.2) is 12.4 Å². The van der Waals surface area contributed by atoms with Crippen LogP contribution in [0.25, 0.3) is 0 Å². The molecule has 1 fully saturated rings. The highest BCUT2D eigenvalue weighted by Gasteiger charge is 2.27. The van der Waals surface area contributed by atoms with Gasteiger partial charge in [0.05, 0.1) is 11.5 Å². The lowest BCUT2D eigenvalue weighted by Gasteiger charge is -2.10. The highest BCUT2D eigenvalue weighted by atomic mass is 32.2. The SMILES string of the molecule is CNc1cc(NCC2CCS(=O)(=O)C2)ncn1. The molecule has 1 aliphatic rings. The molecule has 0 saturated carbocycles. The Morgan fingerprint density at radius 3 is 2.82 bits per heavy atom. The third kappa shape index (κ3) is 3.29. The van der Waals surface area contributed by atoms with E-state index in [-0.39, 0.29) is 11.7 Å². The molecule has 1 aromatic rings. The van der Waals surface area contributed by atoms with E-state index in [1.54, 1.807) is 13.1 Å². The Bertz CT molecular complexity index is 489. The van der Waals surface area contributed by atoms with Gasteiger partial charge in [-0.05, 0) is 12.3 Å². The molecule has 1 saturated heterocycles. The molecule has 0 spiro atoms. The maximum atomic E-state index is 11.3. The zero-order chi connectivity index (χ0) is 12.3. The number of hydrogen-bond acceptors (Lipinski definition) is 6. The number of sulfone groups is 1. The minimum absolute atomic E-state index is 0.188. The van der Waals surface area contributed by atoms with Gasteiger partial charge in [0, 0.05) is 19.7 Å². The molecule has 2 heterocycles. The quantitative estimate of drug-likeness (QED) is 0.809. The largest absolute Gasteiger partial charge is 0.373 e. The van der Waals surface area contributed by atoms with Crippen LogP contribution < -0.4 is 10.6 Å². The summed E-state index contributed by atoms with van der Waals surface area (Å²) in [6, 6.07) is 1.80. The van der Waals surface area contributed by atoms with Crippen molar-refractivity contribution in [3.63, 3.8) is 0 Å². The smallest absolute Gasteiger partial charge is 0.150 e. The standard InChI is InChI=1S/C10H16N4O2S/c1-11-9-4-10(14-7-13-9)12-5-8-2-3-17(15,16)6-8/h4,7-8H,2-3,5-6H2,1H3,(H2,11,12,13,14). The zero-order valence-electron chi connectivity index (χ0n) is 9.68. The van der Waals surface area contributed by atoms with Gasteiger partial charge in [0.25, 0.3) is 0 Å². The van der Waals surface area contributed by atoms with Crippen molar-refractivity contribution in [1.29, 1.82) is 0 Å². The predicted octanol–water partition coefficient (Wildman–Crippen LogP) is 0.365. The van der Waals surface area contributed by atoms with E-state index in [0.717, 1.165) is 12.2 Å². The predicted molar refractivity (Wildman–Crippen MR) is 66.8 cm³/mol. The summed E-state index contributed by atoms with van der Waals surface area (Å²) in [7, 11) is -1.01. The minimum atomic E-state index is -2.80. The van der Waals surface area contributed by atoms with Crippen LogP contribution in [0.2, 0.25) is 0 Å². The van der Waals surface area contributed by atoms with Crippen LogP contribution in [0.1, 0.15) is 6.42 Å². The van der Waals surface area contributed by atoms with Crippen LogP contribution in [-0.4, -0.2) is 43.5 Å². The fraction of sp³-hybridized carbons (Fsp3) is 0.600. The molecule has 0 radical (unpaired) electrons. The van der Waals surface area contributed by atoms with Gasteiger partial charge in [-0.2, -0.15) is 0 Å². The van der Waals surface area contributed by atoms with Crippen LogP contribution in [0.3, 0.4) is 0 Å². The molecule has 1 aliphatic heterocycles. The van der Waals surface area contributed by atoms with Gasteiger partial charge in [-0.1, -0.05) is 0 Å². The van der Waals surface area contributed by atoms with Crippen LogP contribution in [0.5, 0.6) is 0 Å². The second-order valence-corrected chi connectivity index (χ2v) is 6.42. The highest BCUT2D eigenvalue weighted by Crippen LogP contribution is 2.19. The Balaban J connectivity index is 1.90. The van der Waals surface area contributed by atoms with Crippen molar-refractivity contribution in [2.24, 2.45) is 5.92 Å². The molecule has 0 amide bonds. The topological polar surface area (TPSA) is 84.0 Å². The summed E-state index contributed by atoms with van der Waals surface area (Å²) >= 11 is 0. The second-order valence-electron chi connectivity index (χ2n) is 4.19. The number of hydrogen-bond donors (Lipinski definition) is 2. The second kappa shape index (κ2) is 4.87. The van der Waals surface area contributed by atoms with Crippen molar-refractivity contribution >= 4 is 21.5 Å². The molecule has 0 aliphatic carbocycles. The maximum Gasteiger partial charge on any atom is 0.150 e. The summed E-state index contributed by atoms with van der Waals surface area (Å²) in [5.74, 6) is 2.23. The van der Waals surface area contributed by atoms with E-state index < -0.39 is 9.84 Å². The van der Waals surface area contributed by atoms with E-state index >= 15 is 0 Å². The number of nitrogens with one attached hydrogen (secondary N) is 2. The molecule has 0 aromatic carbocycles. The van der Waals surface area contributed by atoms with Gasteiger partial charge in [-0.25, -0.2) is 18.4 Å². The van der Waals surface area contributed by atoms with E-state index in [1.807, 2.05) is 0 Å². The first-order chi connectivity index (χ1) is 8.09. The molecule has 94 valence electrons. The van der Waals surface area contributed by atoms with Crippen LogP contribution >= 0.6 is 0 Å². The molecule has 6 nitrogen and oxygen atoms in total.